The highest BCUT2D eigenvalue weighted by atomic mass is 32.2. The van der Waals surface area contributed by atoms with Crippen molar-refractivity contribution in [3.05, 3.63) is 52.9 Å². The molecule has 1 aliphatic rings. The molecule has 1 fully saturated rings. The van der Waals surface area contributed by atoms with E-state index in [4.69, 9.17) is 13.9 Å². The Morgan fingerprint density at radius 3 is 2.60 bits per heavy atom. The fourth-order valence-corrected chi connectivity index (χ4v) is 4.21. The van der Waals surface area contributed by atoms with Gasteiger partial charge in [-0.3, -0.25) is 9.59 Å². The van der Waals surface area contributed by atoms with Gasteiger partial charge in [0.15, 0.2) is 6.61 Å². The molecule has 2 aromatic carbocycles. The molecule has 0 radical (unpaired) electrons. The number of hydrogen-bond donors (Lipinski definition) is 1. The minimum Gasteiger partial charge on any atom is -0.507 e. The van der Waals surface area contributed by atoms with E-state index in [-0.39, 0.29) is 40.4 Å². The molecule has 1 amide bonds. The Balaban J connectivity index is 1.58. The predicted molar refractivity (Wildman–Crippen MR) is 116 cm³/mol. The maximum Gasteiger partial charge on any atom is 0.260 e. The number of nitrogens with zero attached hydrogens (tertiary/aromatic N) is 1. The van der Waals surface area contributed by atoms with Crippen molar-refractivity contribution in [1.82, 2.24) is 4.90 Å². The van der Waals surface area contributed by atoms with E-state index < -0.39 is 0 Å². The number of ether oxygens (including phenoxy) is 2. The molecule has 0 bridgehead atoms. The molecule has 1 saturated heterocycles. The number of hydrogen-bond acceptors (Lipinski definition) is 7. The highest BCUT2D eigenvalue weighted by Gasteiger charge is 2.18. The summed E-state index contributed by atoms with van der Waals surface area (Å²) in [5, 5.41) is 10.5. The normalized spacial score (nSPS) is 14.0. The van der Waals surface area contributed by atoms with Gasteiger partial charge in [-0.25, -0.2) is 0 Å². The lowest BCUT2D eigenvalue weighted by atomic mass is 10.0. The van der Waals surface area contributed by atoms with Crippen molar-refractivity contribution in [3.63, 3.8) is 0 Å². The SMILES string of the molecule is COc1ccc(-c2coc3cc(OCC(=O)N4CCSCC4)cc(O)c3c2=O)cc1. The summed E-state index contributed by atoms with van der Waals surface area (Å²) in [6.07, 6.45) is 1.35. The molecule has 8 heteroatoms. The third-order valence-electron chi connectivity index (χ3n) is 4.96. The minimum absolute atomic E-state index is 0.0649. The fourth-order valence-electron chi connectivity index (χ4n) is 3.31. The van der Waals surface area contributed by atoms with Crippen LogP contribution in [0.25, 0.3) is 22.1 Å². The first-order valence-corrected chi connectivity index (χ1v) is 10.6. The second kappa shape index (κ2) is 8.71. The zero-order valence-corrected chi connectivity index (χ0v) is 17.2. The Labute approximate surface area is 177 Å². The number of phenolic OH excluding ortho intramolecular Hbond substituents is 1. The van der Waals surface area contributed by atoms with E-state index in [1.807, 2.05) is 11.8 Å². The van der Waals surface area contributed by atoms with Crippen molar-refractivity contribution < 1.29 is 23.8 Å². The molecule has 1 aliphatic heterocycles. The molecule has 0 unspecified atom stereocenters. The van der Waals surface area contributed by atoms with E-state index >= 15 is 0 Å². The van der Waals surface area contributed by atoms with Gasteiger partial charge in [0.1, 0.15) is 34.5 Å². The van der Waals surface area contributed by atoms with E-state index in [2.05, 4.69) is 0 Å². The number of phenols is 1. The van der Waals surface area contributed by atoms with Crippen molar-refractivity contribution >= 4 is 28.6 Å². The second-order valence-corrected chi connectivity index (χ2v) is 8.03. The van der Waals surface area contributed by atoms with Gasteiger partial charge in [-0.05, 0) is 17.7 Å². The van der Waals surface area contributed by atoms with Crippen LogP contribution in [0.2, 0.25) is 0 Å². The summed E-state index contributed by atoms with van der Waals surface area (Å²) in [6.45, 7) is 1.28. The molecule has 0 spiro atoms. The van der Waals surface area contributed by atoms with Crippen molar-refractivity contribution in [2.24, 2.45) is 0 Å². The first-order chi connectivity index (χ1) is 14.6. The van der Waals surface area contributed by atoms with Crippen LogP contribution in [0, 0.1) is 0 Å². The van der Waals surface area contributed by atoms with Gasteiger partial charge < -0.3 is 23.9 Å². The van der Waals surface area contributed by atoms with Crippen molar-refractivity contribution in [1.29, 1.82) is 0 Å². The average Bonchev–Trinajstić information content (AvgIpc) is 2.78. The summed E-state index contributed by atoms with van der Waals surface area (Å²) in [4.78, 5) is 27.0. The van der Waals surface area contributed by atoms with Gasteiger partial charge in [-0.2, -0.15) is 11.8 Å². The Morgan fingerprint density at radius 1 is 1.17 bits per heavy atom. The summed E-state index contributed by atoms with van der Waals surface area (Å²) in [6, 6.07) is 9.82. The number of rotatable bonds is 5. The largest absolute Gasteiger partial charge is 0.507 e. The zero-order chi connectivity index (χ0) is 21.1. The number of benzene rings is 2. The Kier molecular flexibility index (Phi) is 5.85. The fraction of sp³-hybridized carbons (Fsp3) is 0.273. The lowest BCUT2D eigenvalue weighted by Crippen LogP contribution is -2.40. The number of methoxy groups -OCH3 is 1. The molecule has 0 atom stereocenters. The van der Waals surface area contributed by atoms with Crippen LogP contribution < -0.4 is 14.9 Å². The highest BCUT2D eigenvalue weighted by molar-refractivity contribution is 7.99. The third-order valence-corrected chi connectivity index (χ3v) is 5.90. The quantitative estimate of drug-likeness (QED) is 0.669. The second-order valence-electron chi connectivity index (χ2n) is 6.80. The Bertz CT molecular complexity index is 1120. The van der Waals surface area contributed by atoms with Crippen LogP contribution in [-0.4, -0.2) is 54.2 Å². The van der Waals surface area contributed by atoms with Crippen LogP contribution in [-0.2, 0) is 4.79 Å². The number of amides is 1. The van der Waals surface area contributed by atoms with E-state index in [1.165, 1.54) is 18.4 Å². The van der Waals surface area contributed by atoms with Gasteiger partial charge >= 0.3 is 0 Å². The maximum atomic E-state index is 12.9. The van der Waals surface area contributed by atoms with Crippen LogP contribution in [0.4, 0.5) is 0 Å². The zero-order valence-electron chi connectivity index (χ0n) is 16.4. The topological polar surface area (TPSA) is 89.2 Å². The van der Waals surface area contributed by atoms with Gasteiger partial charge in [0, 0.05) is 36.7 Å². The molecule has 1 aromatic heterocycles. The first-order valence-electron chi connectivity index (χ1n) is 9.48. The summed E-state index contributed by atoms with van der Waals surface area (Å²) >= 11 is 1.82. The van der Waals surface area contributed by atoms with E-state index in [9.17, 15) is 14.7 Å². The van der Waals surface area contributed by atoms with Crippen LogP contribution in [0.1, 0.15) is 0 Å². The van der Waals surface area contributed by atoms with Gasteiger partial charge in [-0.1, -0.05) is 12.1 Å². The maximum absolute atomic E-state index is 12.9. The van der Waals surface area contributed by atoms with Crippen LogP contribution in [0.15, 0.2) is 51.9 Å². The number of thioether (sulfide) groups is 1. The molecule has 2 heterocycles. The van der Waals surface area contributed by atoms with Crippen LogP contribution in [0.5, 0.6) is 17.2 Å². The summed E-state index contributed by atoms with van der Waals surface area (Å²) in [7, 11) is 1.57. The highest BCUT2D eigenvalue weighted by Crippen LogP contribution is 2.30. The smallest absolute Gasteiger partial charge is 0.260 e. The van der Waals surface area contributed by atoms with Crippen molar-refractivity contribution in [3.8, 4) is 28.4 Å². The van der Waals surface area contributed by atoms with E-state index in [1.54, 1.807) is 36.3 Å². The molecule has 0 aliphatic carbocycles. The van der Waals surface area contributed by atoms with Gasteiger partial charge in [0.05, 0.1) is 12.7 Å². The van der Waals surface area contributed by atoms with Gasteiger partial charge in [0.25, 0.3) is 5.91 Å². The summed E-state index contributed by atoms with van der Waals surface area (Å²) in [5.74, 6) is 2.42. The van der Waals surface area contributed by atoms with Crippen molar-refractivity contribution in [2.45, 2.75) is 0 Å². The molecule has 156 valence electrons. The Morgan fingerprint density at radius 2 is 1.90 bits per heavy atom. The number of aromatic hydroxyl groups is 1. The monoisotopic (exact) mass is 427 g/mol. The van der Waals surface area contributed by atoms with Crippen molar-refractivity contribution in [2.75, 3.05) is 38.3 Å². The predicted octanol–water partition coefficient (Wildman–Crippen LogP) is 3.13. The average molecular weight is 427 g/mol. The molecule has 0 saturated carbocycles. The molecule has 7 nitrogen and oxygen atoms in total. The third kappa shape index (κ3) is 4.09. The minimum atomic E-state index is -0.354. The van der Waals surface area contributed by atoms with Crippen LogP contribution in [0.3, 0.4) is 0 Å². The van der Waals surface area contributed by atoms with E-state index in [0.717, 1.165) is 11.5 Å². The Hall–Kier alpha value is -3.13. The number of carbonyl (C=O) groups excluding carboxylic acids is 1. The van der Waals surface area contributed by atoms with Gasteiger partial charge in [-0.15, -0.1) is 0 Å². The van der Waals surface area contributed by atoms with Crippen LogP contribution >= 0.6 is 11.8 Å². The lowest BCUT2D eigenvalue weighted by Gasteiger charge is -2.26. The summed E-state index contributed by atoms with van der Waals surface area (Å²) in [5.41, 5.74) is 0.810. The molecule has 4 rings (SSSR count). The molecule has 1 N–H and O–H groups in total. The number of fused-ring (bicyclic) bond motifs is 1. The molecule has 30 heavy (non-hydrogen) atoms. The lowest BCUT2D eigenvalue weighted by molar-refractivity contribution is -0.133. The van der Waals surface area contributed by atoms with Gasteiger partial charge in [0.2, 0.25) is 5.43 Å². The molecular weight excluding hydrogens is 406 g/mol. The first kappa shape index (κ1) is 20.2. The summed E-state index contributed by atoms with van der Waals surface area (Å²) < 4.78 is 16.3. The molecular formula is C22H21NO6S. The van der Waals surface area contributed by atoms with E-state index in [0.29, 0.717) is 30.0 Å². The molecule has 3 aromatic rings. The standard InChI is InChI=1S/C22H21NO6S/c1-27-15-4-2-14(3-5-15)17-12-29-19-11-16(10-18(24)21(19)22(17)26)28-13-20(25)23-6-8-30-9-7-23/h2-5,10-12,24H,6-9,13H2,1H3. The number of carbonyl (C=O) groups is 1.